The summed E-state index contributed by atoms with van der Waals surface area (Å²) in [6.45, 7) is 0. The SMILES string of the molecule is COc1ccc2ccccc2c1N=Nc1cc(Br)ccc1N. The van der Waals surface area contributed by atoms with Gasteiger partial charge in [-0.15, -0.1) is 10.2 Å². The summed E-state index contributed by atoms with van der Waals surface area (Å²) in [7, 11) is 1.62. The second-order valence-electron chi connectivity index (χ2n) is 4.74. The van der Waals surface area contributed by atoms with Crippen LogP contribution >= 0.6 is 15.9 Å². The summed E-state index contributed by atoms with van der Waals surface area (Å²) in [5, 5.41) is 10.7. The van der Waals surface area contributed by atoms with Crippen molar-refractivity contribution >= 4 is 43.8 Å². The molecule has 2 N–H and O–H groups in total. The number of nitrogens with two attached hydrogens (primary N) is 1. The van der Waals surface area contributed by atoms with Crippen molar-refractivity contribution in [2.75, 3.05) is 12.8 Å². The molecule has 3 aromatic carbocycles. The molecule has 0 aliphatic heterocycles. The fraction of sp³-hybridized carbons (Fsp3) is 0.0588. The van der Waals surface area contributed by atoms with Crippen LogP contribution in [0.1, 0.15) is 0 Å². The van der Waals surface area contributed by atoms with Gasteiger partial charge in [-0.1, -0.05) is 46.3 Å². The minimum absolute atomic E-state index is 0.575. The fourth-order valence-electron chi connectivity index (χ4n) is 2.21. The zero-order valence-electron chi connectivity index (χ0n) is 12.0. The predicted octanol–water partition coefficient (Wildman–Crippen LogP) is 5.61. The van der Waals surface area contributed by atoms with Crippen molar-refractivity contribution in [2.24, 2.45) is 10.2 Å². The second-order valence-corrected chi connectivity index (χ2v) is 5.66. The van der Waals surface area contributed by atoms with Crippen LogP contribution in [0.5, 0.6) is 5.75 Å². The Morgan fingerprint density at radius 1 is 1.00 bits per heavy atom. The minimum Gasteiger partial charge on any atom is -0.494 e. The van der Waals surface area contributed by atoms with Gasteiger partial charge in [0.1, 0.15) is 17.1 Å². The largest absolute Gasteiger partial charge is 0.494 e. The average molecular weight is 356 g/mol. The number of nitrogen functional groups attached to an aromatic ring is 1. The summed E-state index contributed by atoms with van der Waals surface area (Å²) in [6.07, 6.45) is 0. The Hall–Kier alpha value is -2.40. The fourth-order valence-corrected chi connectivity index (χ4v) is 2.56. The monoisotopic (exact) mass is 355 g/mol. The average Bonchev–Trinajstić information content (AvgIpc) is 2.55. The van der Waals surface area contributed by atoms with Crippen LogP contribution in [0, 0.1) is 0 Å². The summed E-state index contributed by atoms with van der Waals surface area (Å²) in [6, 6.07) is 17.4. The third-order valence-corrected chi connectivity index (χ3v) is 3.83. The van der Waals surface area contributed by atoms with Crippen LogP contribution in [0.3, 0.4) is 0 Å². The van der Waals surface area contributed by atoms with Crippen LogP contribution in [-0.2, 0) is 0 Å². The lowest BCUT2D eigenvalue weighted by Gasteiger charge is -2.07. The molecule has 4 nitrogen and oxygen atoms in total. The molecule has 0 aliphatic rings. The summed E-state index contributed by atoms with van der Waals surface area (Å²) >= 11 is 3.41. The molecule has 0 fully saturated rings. The van der Waals surface area contributed by atoms with Crippen molar-refractivity contribution in [3.63, 3.8) is 0 Å². The van der Waals surface area contributed by atoms with Crippen molar-refractivity contribution in [3.8, 4) is 5.75 Å². The van der Waals surface area contributed by atoms with Crippen LogP contribution < -0.4 is 10.5 Å². The van der Waals surface area contributed by atoms with E-state index in [1.54, 1.807) is 13.2 Å². The Labute approximate surface area is 136 Å². The van der Waals surface area contributed by atoms with Gasteiger partial charge in [0.2, 0.25) is 0 Å². The summed E-state index contributed by atoms with van der Waals surface area (Å²) < 4.78 is 6.30. The molecule has 0 spiro atoms. The van der Waals surface area contributed by atoms with Gasteiger partial charge in [-0.25, -0.2) is 0 Å². The molecule has 0 bridgehead atoms. The molecule has 0 radical (unpaired) electrons. The molecule has 0 heterocycles. The lowest BCUT2D eigenvalue weighted by Crippen LogP contribution is -1.85. The van der Waals surface area contributed by atoms with Gasteiger partial charge in [-0.2, -0.15) is 0 Å². The van der Waals surface area contributed by atoms with E-state index in [0.717, 1.165) is 15.2 Å². The van der Waals surface area contributed by atoms with E-state index in [1.165, 1.54) is 0 Å². The molecular weight excluding hydrogens is 342 g/mol. The van der Waals surface area contributed by atoms with Crippen molar-refractivity contribution in [3.05, 3.63) is 59.1 Å². The highest BCUT2D eigenvalue weighted by Gasteiger charge is 2.08. The minimum atomic E-state index is 0.575. The van der Waals surface area contributed by atoms with Crippen molar-refractivity contribution in [1.29, 1.82) is 0 Å². The third-order valence-electron chi connectivity index (χ3n) is 3.33. The molecule has 3 aromatic rings. The quantitative estimate of drug-likeness (QED) is 0.490. The Morgan fingerprint density at radius 3 is 2.64 bits per heavy atom. The highest BCUT2D eigenvalue weighted by Crippen LogP contribution is 2.37. The summed E-state index contributed by atoms with van der Waals surface area (Å²) in [5.41, 5.74) is 7.82. The zero-order chi connectivity index (χ0) is 15.5. The van der Waals surface area contributed by atoms with Crippen molar-refractivity contribution in [1.82, 2.24) is 0 Å². The van der Waals surface area contributed by atoms with Gasteiger partial charge in [0, 0.05) is 9.86 Å². The van der Waals surface area contributed by atoms with Gasteiger partial charge >= 0.3 is 0 Å². The molecule has 0 saturated carbocycles. The molecule has 110 valence electrons. The maximum atomic E-state index is 5.93. The molecule has 3 rings (SSSR count). The van der Waals surface area contributed by atoms with E-state index in [0.29, 0.717) is 22.8 Å². The highest BCUT2D eigenvalue weighted by molar-refractivity contribution is 9.10. The van der Waals surface area contributed by atoms with Gasteiger partial charge in [0.25, 0.3) is 0 Å². The molecule has 22 heavy (non-hydrogen) atoms. The molecule has 0 unspecified atom stereocenters. The van der Waals surface area contributed by atoms with E-state index >= 15 is 0 Å². The summed E-state index contributed by atoms with van der Waals surface area (Å²) in [5.74, 6) is 0.677. The van der Waals surface area contributed by atoms with Gasteiger partial charge < -0.3 is 10.5 Å². The second kappa shape index (κ2) is 6.15. The van der Waals surface area contributed by atoms with Gasteiger partial charge in [-0.05, 0) is 29.7 Å². The molecule has 0 amide bonds. The molecule has 5 heteroatoms. The first-order valence-electron chi connectivity index (χ1n) is 6.71. The number of rotatable bonds is 3. The standard InChI is InChI=1S/C17H14BrN3O/c1-22-16-9-6-11-4-2-3-5-13(11)17(16)21-20-15-10-12(18)7-8-14(15)19/h2-10H,19H2,1H3. The van der Waals surface area contributed by atoms with Crippen LogP contribution in [-0.4, -0.2) is 7.11 Å². The first kappa shape index (κ1) is 14.5. The van der Waals surface area contributed by atoms with E-state index in [9.17, 15) is 0 Å². The zero-order valence-corrected chi connectivity index (χ0v) is 13.5. The summed E-state index contributed by atoms with van der Waals surface area (Å²) in [4.78, 5) is 0. The number of hydrogen-bond donors (Lipinski definition) is 1. The lowest BCUT2D eigenvalue weighted by molar-refractivity contribution is 0.416. The number of hydrogen-bond acceptors (Lipinski definition) is 4. The molecule has 0 aliphatic carbocycles. The molecule has 0 saturated heterocycles. The Balaban J connectivity index is 2.13. The van der Waals surface area contributed by atoms with Gasteiger partial charge in [-0.3, -0.25) is 0 Å². The smallest absolute Gasteiger partial charge is 0.147 e. The van der Waals surface area contributed by atoms with Gasteiger partial charge in [0.05, 0.1) is 12.8 Å². The van der Waals surface area contributed by atoms with Gasteiger partial charge in [0.15, 0.2) is 0 Å². The lowest BCUT2D eigenvalue weighted by atomic mass is 10.1. The normalized spacial score (nSPS) is 11.2. The maximum Gasteiger partial charge on any atom is 0.147 e. The number of halogens is 1. The third kappa shape index (κ3) is 2.80. The number of ether oxygens (including phenoxy) is 1. The highest BCUT2D eigenvalue weighted by atomic mass is 79.9. The molecule has 0 aromatic heterocycles. The van der Waals surface area contributed by atoms with E-state index in [4.69, 9.17) is 10.5 Å². The first-order chi connectivity index (χ1) is 10.7. The van der Waals surface area contributed by atoms with Crippen LogP contribution in [0.25, 0.3) is 10.8 Å². The number of anilines is 1. The Morgan fingerprint density at radius 2 is 1.82 bits per heavy atom. The predicted molar refractivity (Wildman–Crippen MR) is 93.2 cm³/mol. The van der Waals surface area contributed by atoms with E-state index in [1.807, 2.05) is 48.5 Å². The van der Waals surface area contributed by atoms with E-state index in [2.05, 4.69) is 26.2 Å². The van der Waals surface area contributed by atoms with Crippen molar-refractivity contribution < 1.29 is 4.74 Å². The Bertz CT molecular complexity index is 862. The number of azo groups is 1. The van der Waals surface area contributed by atoms with E-state index in [-0.39, 0.29) is 0 Å². The van der Waals surface area contributed by atoms with Crippen LogP contribution in [0.15, 0.2) is 69.3 Å². The molecule has 0 atom stereocenters. The van der Waals surface area contributed by atoms with E-state index < -0.39 is 0 Å². The number of methoxy groups -OCH3 is 1. The topological polar surface area (TPSA) is 60.0 Å². The number of benzene rings is 3. The van der Waals surface area contributed by atoms with Crippen LogP contribution in [0.4, 0.5) is 17.1 Å². The Kier molecular flexibility index (Phi) is 4.06. The van der Waals surface area contributed by atoms with Crippen molar-refractivity contribution in [2.45, 2.75) is 0 Å². The number of nitrogens with zero attached hydrogens (tertiary/aromatic N) is 2. The van der Waals surface area contributed by atoms with Crippen LogP contribution in [0.2, 0.25) is 0 Å². The molecular formula is C17H14BrN3O. The maximum absolute atomic E-state index is 5.93. The number of fused-ring (bicyclic) bond motifs is 1. The first-order valence-corrected chi connectivity index (χ1v) is 7.51.